The molecule has 6 heteroatoms. The lowest BCUT2D eigenvalue weighted by atomic mass is 9.89. The largest absolute Gasteiger partial charge is 0.381 e. The number of piperidine rings is 1. The summed E-state index contributed by atoms with van der Waals surface area (Å²) in [6, 6.07) is 2.33. The van der Waals surface area contributed by atoms with Gasteiger partial charge in [0.1, 0.15) is 5.76 Å². The number of aromatic nitrogens is 1. The topological polar surface area (TPSA) is 67.6 Å². The summed E-state index contributed by atoms with van der Waals surface area (Å²) in [5.74, 6) is 1.34. The molecule has 0 radical (unpaired) electrons. The van der Waals surface area contributed by atoms with Crippen molar-refractivity contribution in [3.8, 4) is 0 Å². The summed E-state index contributed by atoms with van der Waals surface area (Å²) in [4.78, 5) is 14.1. The molecule has 3 rings (SSSR count). The molecule has 0 atom stereocenters. The van der Waals surface area contributed by atoms with E-state index in [1.807, 2.05) is 17.9 Å². The van der Waals surface area contributed by atoms with E-state index >= 15 is 0 Å². The highest BCUT2D eigenvalue weighted by Crippen LogP contribution is 2.29. The van der Waals surface area contributed by atoms with Crippen LogP contribution in [0.3, 0.4) is 0 Å². The fraction of sp³-hybridized carbons (Fsp3) is 0.733. The van der Waals surface area contributed by atoms with Gasteiger partial charge in [0.2, 0.25) is 0 Å². The van der Waals surface area contributed by atoms with Crippen LogP contribution in [-0.2, 0) is 4.74 Å². The van der Waals surface area contributed by atoms with Crippen molar-refractivity contribution in [3.63, 3.8) is 0 Å². The number of urea groups is 1. The SMILES string of the molecule is COC1CC(NC(=O)N2CCC(c3cc(C)no3)CC2)C1. The molecular weight excluding hydrogens is 270 g/mol. The van der Waals surface area contributed by atoms with Crippen LogP contribution in [0, 0.1) is 6.92 Å². The van der Waals surface area contributed by atoms with Crippen molar-refractivity contribution in [2.75, 3.05) is 20.2 Å². The molecule has 6 nitrogen and oxygen atoms in total. The van der Waals surface area contributed by atoms with Crippen LogP contribution in [0.15, 0.2) is 10.6 Å². The Morgan fingerprint density at radius 2 is 2.14 bits per heavy atom. The van der Waals surface area contributed by atoms with E-state index in [2.05, 4.69) is 10.5 Å². The molecule has 0 unspecified atom stereocenters. The van der Waals surface area contributed by atoms with Crippen molar-refractivity contribution in [1.82, 2.24) is 15.4 Å². The molecule has 2 aliphatic rings. The number of likely N-dealkylation sites (tertiary alicyclic amines) is 1. The van der Waals surface area contributed by atoms with Crippen molar-refractivity contribution < 1.29 is 14.1 Å². The highest BCUT2D eigenvalue weighted by atomic mass is 16.5. The highest BCUT2D eigenvalue weighted by Gasteiger charge is 2.32. The zero-order chi connectivity index (χ0) is 14.8. The minimum atomic E-state index is 0.0572. The zero-order valence-corrected chi connectivity index (χ0v) is 12.7. The maximum absolute atomic E-state index is 12.2. The monoisotopic (exact) mass is 293 g/mol. The molecule has 0 aromatic carbocycles. The van der Waals surface area contributed by atoms with Crippen molar-refractivity contribution in [1.29, 1.82) is 0 Å². The molecule has 2 heterocycles. The molecule has 2 fully saturated rings. The third kappa shape index (κ3) is 3.20. The van der Waals surface area contributed by atoms with Gasteiger partial charge in [-0.1, -0.05) is 5.16 Å². The lowest BCUT2D eigenvalue weighted by Gasteiger charge is -2.37. The summed E-state index contributed by atoms with van der Waals surface area (Å²) in [6.45, 7) is 3.48. The van der Waals surface area contributed by atoms with E-state index in [-0.39, 0.29) is 12.1 Å². The third-order valence-electron chi connectivity index (χ3n) is 4.59. The van der Waals surface area contributed by atoms with Crippen LogP contribution in [0.1, 0.15) is 43.1 Å². The third-order valence-corrected chi connectivity index (χ3v) is 4.59. The van der Waals surface area contributed by atoms with Crippen LogP contribution in [0.4, 0.5) is 4.79 Å². The fourth-order valence-electron chi connectivity index (χ4n) is 3.08. The number of hydrogen-bond acceptors (Lipinski definition) is 4. The standard InChI is InChI=1S/C15H23N3O3/c1-10-7-14(21-17-10)11-3-5-18(6-4-11)15(19)16-12-8-13(9-12)20-2/h7,11-13H,3-6,8-9H2,1-2H3,(H,16,19). The number of rotatable bonds is 3. The number of carbonyl (C=O) groups is 1. The molecule has 0 bridgehead atoms. The van der Waals surface area contributed by atoms with Crippen LogP contribution in [0.5, 0.6) is 0 Å². The second kappa shape index (κ2) is 6.05. The van der Waals surface area contributed by atoms with Crippen molar-refractivity contribution in [2.24, 2.45) is 0 Å². The quantitative estimate of drug-likeness (QED) is 0.926. The van der Waals surface area contributed by atoms with Gasteiger partial charge < -0.3 is 19.5 Å². The number of aryl methyl sites for hydroxylation is 1. The Kier molecular flexibility index (Phi) is 4.14. The molecule has 1 aromatic heterocycles. The number of ether oxygens (including phenoxy) is 1. The average molecular weight is 293 g/mol. The van der Waals surface area contributed by atoms with Gasteiger partial charge in [-0.15, -0.1) is 0 Å². The lowest BCUT2D eigenvalue weighted by Crippen LogP contribution is -2.53. The van der Waals surface area contributed by atoms with E-state index in [4.69, 9.17) is 9.26 Å². The smallest absolute Gasteiger partial charge is 0.317 e. The zero-order valence-electron chi connectivity index (χ0n) is 12.7. The number of methoxy groups -OCH3 is 1. The predicted octanol–water partition coefficient (Wildman–Crippen LogP) is 2.05. The summed E-state index contributed by atoms with van der Waals surface area (Å²) in [6.07, 6.45) is 4.04. The Morgan fingerprint density at radius 1 is 1.43 bits per heavy atom. The van der Waals surface area contributed by atoms with Gasteiger partial charge in [0, 0.05) is 38.2 Å². The Balaban J connectivity index is 1.44. The minimum Gasteiger partial charge on any atom is -0.381 e. The van der Waals surface area contributed by atoms with Gasteiger partial charge in [-0.2, -0.15) is 0 Å². The highest BCUT2D eigenvalue weighted by molar-refractivity contribution is 5.74. The summed E-state index contributed by atoms with van der Waals surface area (Å²) in [5, 5.41) is 7.02. The summed E-state index contributed by atoms with van der Waals surface area (Å²) < 4.78 is 10.6. The molecule has 1 aliphatic heterocycles. The van der Waals surface area contributed by atoms with Crippen LogP contribution < -0.4 is 5.32 Å². The lowest BCUT2D eigenvalue weighted by molar-refractivity contribution is 0.0188. The second-order valence-corrected chi connectivity index (χ2v) is 6.11. The predicted molar refractivity (Wildman–Crippen MR) is 77.1 cm³/mol. The van der Waals surface area contributed by atoms with Gasteiger partial charge in [-0.3, -0.25) is 0 Å². The first-order chi connectivity index (χ1) is 10.2. The maximum atomic E-state index is 12.2. The minimum absolute atomic E-state index is 0.0572. The summed E-state index contributed by atoms with van der Waals surface area (Å²) in [5.41, 5.74) is 0.919. The Labute approximate surface area is 124 Å². The molecule has 0 spiro atoms. The van der Waals surface area contributed by atoms with Gasteiger partial charge in [0.25, 0.3) is 0 Å². The summed E-state index contributed by atoms with van der Waals surface area (Å²) in [7, 11) is 1.72. The molecule has 1 saturated heterocycles. The fourth-order valence-corrected chi connectivity index (χ4v) is 3.08. The molecule has 21 heavy (non-hydrogen) atoms. The molecule has 1 aromatic rings. The Morgan fingerprint density at radius 3 is 2.71 bits per heavy atom. The molecular formula is C15H23N3O3. The van der Waals surface area contributed by atoms with Crippen molar-refractivity contribution >= 4 is 6.03 Å². The van der Waals surface area contributed by atoms with E-state index in [1.165, 1.54) is 0 Å². The number of carbonyl (C=O) groups excluding carboxylic acids is 1. The van der Waals surface area contributed by atoms with E-state index in [1.54, 1.807) is 7.11 Å². The van der Waals surface area contributed by atoms with Gasteiger partial charge >= 0.3 is 6.03 Å². The molecule has 2 amide bonds. The van der Waals surface area contributed by atoms with Crippen LogP contribution in [0.25, 0.3) is 0 Å². The van der Waals surface area contributed by atoms with Crippen molar-refractivity contribution in [2.45, 2.75) is 50.7 Å². The number of nitrogens with one attached hydrogen (secondary N) is 1. The van der Waals surface area contributed by atoms with Crippen molar-refractivity contribution in [3.05, 3.63) is 17.5 Å². The Bertz CT molecular complexity index is 488. The van der Waals surface area contributed by atoms with E-state index in [0.717, 1.165) is 50.2 Å². The number of hydrogen-bond donors (Lipinski definition) is 1. The first kappa shape index (κ1) is 14.4. The van der Waals surface area contributed by atoms with Gasteiger partial charge in [0.15, 0.2) is 0 Å². The molecule has 1 aliphatic carbocycles. The van der Waals surface area contributed by atoms with Crippen LogP contribution >= 0.6 is 0 Å². The maximum Gasteiger partial charge on any atom is 0.317 e. The van der Waals surface area contributed by atoms with E-state index in [9.17, 15) is 4.79 Å². The van der Waals surface area contributed by atoms with Gasteiger partial charge in [0.05, 0.1) is 11.8 Å². The number of amides is 2. The van der Waals surface area contributed by atoms with Crippen LogP contribution in [0.2, 0.25) is 0 Å². The first-order valence-electron chi connectivity index (χ1n) is 7.67. The van der Waals surface area contributed by atoms with E-state index in [0.29, 0.717) is 12.0 Å². The van der Waals surface area contributed by atoms with Gasteiger partial charge in [-0.05, 0) is 32.6 Å². The van der Waals surface area contributed by atoms with Gasteiger partial charge in [-0.25, -0.2) is 4.79 Å². The average Bonchev–Trinajstić information content (AvgIpc) is 2.89. The van der Waals surface area contributed by atoms with E-state index < -0.39 is 0 Å². The second-order valence-electron chi connectivity index (χ2n) is 6.11. The first-order valence-corrected chi connectivity index (χ1v) is 7.67. The van der Waals surface area contributed by atoms with Crippen LogP contribution in [-0.4, -0.2) is 48.4 Å². The summed E-state index contributed by atoms with van der Waals surface area (Å²) >= 11 is 0. The Hall–Kier alpha value is -1.56. The molecule has 1 saturated carbocycles. The number of nitrogens with zero attached hydrogens (tertiary/aromatic N) is 2. The molecule has 116 valence electrons. The molecule has 1 N–H and O–H groups in total. The normalized spacial score (nSPS) is 26.5.